The van der Waals surface area contributed by atoms with Crippen LogP contribution in [0.4, 0.5) is 5.69 Å². The fraction of sp³-hybridized carbons (Fsp3) is 0.172. The van der Waals surface area contributed by atoms with Crippen LogP contribution in [0.1, 0.15) is 41.4 Å². The van der Waals surface area contributed by atoms with Crippen LogP contribution in [0.3, 0.4) is 0 Å². The van der Waals surface area contributed by atoms with Crippen molar-refractivity contribution in [2.45, 2.75) is 25.8 Å². The van der Waals surface area contributed by atoms with Crippen molar-refractivity contribution in [1.29, 1.82) is 5.26 Å². The fourth-order valence-corrected chi connectivity index (χ4v) is 3.81. The number of nitrogens with one attached hydrogen (secondary N) is 2. The highest BCUT2D eigenvalue weighted by atomic mass is 16.2. The molecule has 2 atom stereocenters. The first-order valence-corrected chi connectivity index (χ1v) is 11.5. The SMILES string of the molecule is Cc1ncc(-c2ccc(NC(=O)C(NC[C@@H](C)c3ccc(C#N)cc3)c3ccccc3)cc2)cn1. The monoisotopic (exact) mass is 461 g/mol. The van der Waals surface area contributed by atoms with Gasteiger partial charge in [0.1, 0.15) is 11.9 Å². The van der Waals surface area contributed by atoms with E-state index in [1.807, 2.05) is 85.8 Å². The topological polar surface area (TPSA) is 90.7 Å². The average Bonchev–Trinajstić information content (AvgIpc) is 2.90. The van der Waals surface area contributed by atoms with Gasteiger partial charge in [0.25, 0.3) is 0 Å². The third kappa shape index (κ3) is 6.17. The summed E-state index contributed by atoms with van der Waals surface area (Å²) in [5, 5.41) is 15.5. The maximum Gasteiger partial charge on any atom is 0.246 e. The highest BCUT2D eigenvalue weighted by Crippen LogP contribution is 2.23. The van der Waals surface area contributed by atoms with Crippen LogP contribution in [0.15, 0.2) is 91.3 Å². The number of nitriles is 1. The van der Waals surface area contributed by atoms with Crippen molar-refractivity contribution >= 4 is 11.6 Å². The van der Waals surface area contributed by atoms with Gasteiger partial charge in [-0.25, -0.2) is 9.97 Å². The van der Waals surface area contributed by atoms with Gasteiger partial charge >= 0.3 is 0 Å². The molecule has 2 N–H and O–H groups in total. The number of anilines is 1. The summed E-state index contributed by atoms with van der Waals surface area (Å²) in [6.07, 6.45) is 3.58. The van der Waals surface area contributed by atoms with Gasteiger partial charge < -0.3 is 10.6 Å². The molecule has 0 radical (unpaired) electrons. The molecule has 0 spiro atoms. The van der Waals surface area contributed by atoms with Gasteiger partial charge in [0.15, 0.2) is 0 Å². The van der Waals surface area contributed by atoms with E-state index in [4.69, 9.17) is 5.26 Å². The number of aromatic nitrogens is 2. The van der Waals surface area contributed by atoms with E-state index in [1.54, 1.807) is 12.4 Å². The molecule has 6 heteroatoms. The van der Waals surface area contributed by atoms with Gasteiger partial charge in [0, 0.05) is 30.2 Å². The summed E-state index contributed by atoms with van der Waals surface area (Å²) in [5.41, 5.74) is 5.27. The number of carbonyl (C=O) groups is 1. The molecule has 1 aromatic heterocycles. The van der Waals surface area contributed by atoms with Crippen molar-refractivity contribution < 1.29 is 4.79 Å². The van der Waals surface area contributed by atoms with Gasteiger partial charge in [-0.2, -0.15) is 5.26 Å². The van der Waals surface area contributed by atoms with Gasteiger partial charge in [-0.05, 0) is 53.8 Å². The summed E-state index contributed by atoms with van der Waals surface area (Å²) < 4.78 is 0. The zero-order chi connectivity index (χ0) is 24.6. The summed E-state index contributed by atoms with van der Waals surface area (Å²) in [5.74, 6) is 0.762. The molecule has 4 rings (SSSR count). The lowest BCUT2D eigenvalue weighted by molar-refractivity contribution is -0.118. The molecule has 0 saturated heterocycles. The van der Waals surface area contributed by atoms with Crippen LogP contribution in [0.2, 0.25) is 0 Å². The lowest BCUT2D eigenvalue weighted by atomic mass is 9.98. The maximum absolute atomic E-state index is 13.3. The molecule has 4 aromatic rings. The number of hydrogen-bond donors (Lipinski definition) is 2. The van der Waals surface area contributed by atoms with Crippen molar-refractivity contribution in [3.63, 3.8) is 0 Å². The fourth-order valence-electron chi connectivity index (χ4n) is 3.81. The second kappa shape index (κ2) is 11.2. The van der Waals surface area contributed by atoms with E-state index in [0.717, 1.165) is 33.8 Å². The minimum absolute atomic E-state index is 0.130. The van der Waals surface area contributed by atoms with E-state index in [2.05, 4.69) is 33.6 Å². The van der Waals surface area contributed by atoms with Gasteiger partial charge in [-0.1, -0.05) is 61.5 Å². The largest absolute Gasteiger partial charge is 0.324 e. The van der Waals surface area contributed by atoms with Crippen molar-refractivity contribution in [2.24, 2.45) is 0 Å². The summed E-state index contributed by atoms with van der Waals surface area (Å²) in [7, 11) is 0. The Balaban J connectivity index is 1.46. The molecule has 1 amide bonds. The molecule has 3 aromatic carbocycles. The molecular weight excluding hydrogens is 434 g/mol. The standard InChI is InChI=1S/C29H27N5O/c1-20(23-10-8-22(16-30)9-11-23)17-33-28(25-6-4-3-5-7-25)29(35)34-27-14-12-24(13-15-27)26-18-31-21(2)32-19-26/h3-15,18-20,28,33H,17H2,1-2H3,(H,34,35)/t20-,28?/m1/s1. The predicted molar refractivity (Wildman–Crippen MR) is 138 cm³/mol. The highest BCUT2D eigenvalue weighted by Gasteiger charge is 2.21. The molecule has 0 saturated carbocycles. The molecule has 1 unspecified atom stereocenters. The summed E-state index contributed by atoms with van der Waals surface area (Å²) in [6, 6.07) is 26.5. The van der Waals surface area contributed by atoms with Gasteiger partial charge in [0.05, 0.1) is 11.6 Å². The van der Waals surface area contributed by atoms with E-state index >= 15 is 0 Å². The summed E-state index contributed by atoms with van der Waals surface area (Å²) in [6.45, 7) is 4.55. The van der Waals surface area contributed by atoms with Crippen molar-refractivity contribution in [2.75, 3.05) is 11.9 Å². The lowest BCUT2D eigenvalue weighted by Gasteiger charge is -2.22. The zero-order valence-electron chi connectivity index (χ0n) is 19.8. The Morgan fingerprint density at radius 2 is 1.54 bits per heavy atom. The lowest BCUT2D eigenvalue weighted by Crippen LogP contribution is -2.35. The van der Waals surface area contributed by atoms with Gasteiger partial charge in [-0.15, -0.1) is 0 Å². The average molecular weight is 462 g/mol. The van der Waals surface area contributed by atoms with Crippen molar-refractivity contribution in [3.05, 3.63) is 114 Å². The van der Waals surface area contributed by atoms with Crippen LogP contribution in [-0.2, 0) is 4.79 Å². The minimum Gasteiger partial charge on any atom is -0.324 e. The molecule has 6 nitrogen and oxygen atoms in total. The Morgan fingerprint density at radius 1 is 0.886 bits per heavy atom. The Kier molecular flexibility index (Phi) is 7.61. The molecule has 35 heavy (non-hydrogen) atoms. The van der Waals surface area contributed by atoms with Crippen LogP contribution >= 0.6 is 0 Å². The van der Waals surface area contributed by atoms with E-state index in [9.17, 15) is 4.79 Å². The van der Waals surface area contributed by atoms with Gasteiger partial charge in [0.2, 0.25) is 5.91 Å². The van der Waals surface area contributed by atoms with Gasteiger partial charge in [-0.3, -0.25) is 4.79 Å². The summed E-state index contributed by atoms with van der Waals surface area (Å²) in [4.78, 5) is 21.8. The number of carbonyl (C=O) groups excluding carboxylic acids is 1. The Morgan fingerprint density at radius 3 is 2.17 bits per heavy atom. The number of aryl methyl sites for hydroxylation is 1. The molecule has 0 bridgehead atoms. The number of benzene rings is 3. The summed E-state index contributed by atoms with van der Waals surface area (Å²) >= 11 is 0. The Hall–Kier alpha value is -4.34. The highest BCUT2D eigenvalue weighted by molar-refractivity contribution is 5.95. The zero-order valence-corrected chi connectivity index (χ0v) is 19.8. The third-order valence-corrected chi connectivity index (χ3v) is 5.90. The number of nitrogens with zero attached hydrogens (tertiary/aromatic N) is 3. The molecular formula is C29H27N5O. The van der Waals surface area contributed by atoms with Crippen molar-refractivity contribution in [3.8, 4) is 17.2 Å². The number of amides is 1. The first-order valence-electron chi connectivity index (χ1n) is 11.5. The number of hydrogen-bond acceptors (Lipinski definition) is 5. The normalized spacial score (nSPS) is 12.4. The van der Waals surface area contributed by atoms with Crippen LogP contribution in [-0.4, -0.2) is 22.4 Å². The third-order valence-electron chi connectivity index (χ3n) is 5.90. The second-order valence-electron chi connectivity index (χ2n) is 8.47. The molecule has 0 aliphatic carbocycles. The second-order valence-corrected chi connectivity index (χ2v) is 8.47. The molecule has 1 heterocycles. The minimum atomic E-state index is -0.512. The molecule has 0 aliphatic heterocycles. The molecule has 0 aliphatic rings. The smallest absolute Gasteiger partial charge is 0.246 e. The van der Waals surface area contributed by atoms with E-state index < -0.39 is 6.04 Å². The number of rotatable bonds is 8. The first kappa shape index (κ1) is 23.8. The van der Waals surface area contributed by atoms with Crippen LogP contribution in [0.5, 0.6) is 0 Å². The van der Waals surface area contributed by atoms with Crippen LogP contribution in [0, 0.1) is 18.3 Å². The van der Waals surface area contributed by atoms with E-state index in [1.165, 1.54) is 0 Å². The molecule has 0 fully saturated rings. The van der Waals surface area contributed by atoms with Crippen molar-refractivity contribution in [1.82, 2.24) is 15.3 Å². The van der Waals surface area contributed by atoms with E-state index in [-0.39, 0.29) is 11.8 Å². The quantitative estimate of drug-likeness (QED) is 0.367. The van der Waals surface area contributed by atoms with E-state index in [0.29, 0.717) is 12.1 Å². The van der Waals surface area contributed by atoms with Crippen LogP contribution < -0.4 is 10.6 Å². The molecule has 174 valence electrons. The Labute approximate surface area is 205 Å². The maximum atomic E-state index is 13.3. The predicted octanol–water partition coefficient (Wildman–Crippen LogP) is 5.40. The van der Waals surface area contributed by atoms with Crippen LogP contribution in [0.25, 0.3) is 11.1 Å². The Bertz CT molecular complexity index is 1290. The first-order chi connectivity index (χ1) is 17.0.